The van der Waals surface area contributed by atoms with Crippen LogP contribution in [0.5, 0.6) is 0 Å². The summed E-state index contributed by atoms with van der Waals surface area (Å²) >= 11 is 7.31. The van der Waals surface area contributed by atoms with Crippen molar-refractivity contribution in [2.75, 3.05) is 0 Å². The zero-order valence-electron chi connectivity index (χ0n) is 7.74. The van der Waals surface area contributed by atoms with Crippen molar-refractivity contribution in [2.24, 2.45) is 7.05 Å². The topological polar surface area (TPSA) is 34.9 Å². The molecule has 1 aromatic rings. The van der Waals surface area contributed by atoms with Crippen molar-refractivity contribution in [2.45, 2.75) is 24.0 Å². The number of aromatic nitrogens is 2. The van der Waals surface area contributed by atoms with Crippen LogP contribution in [0.1, 0.15) is 13.8 Å². The van der Waals surface area contributed by atoms with E-state index in [0.29, 0.717) is 15.2 Å². The Morgan fingerprint density at radius 2 is 2.23 bits per heavy atom. The van der Waals surface area contributed by atoms with Crippen LogP contribution in [0.2, 0.25) is 5.02 Å². The molecule has 5 heteroatoms. The van der Waals surface area contributed by atoms with Gasteiger partial charge in [0.05, 0.1) is 16.1 Å². The van der Waals surface area contributed by atoms with Crippen molar-refractivity contribution >= 4 is 23.4 Å². The second kappa shape index (κ2) is 4.15. The zero-order chi connectivity index (χ0) is 10.0. The molecule has 72 valence electrons. The van der Waals surface area contributed by atoms with Crippen molar-refractivity contribution in [1.82, 2.24) is 9.78 Å². The molecule has 1 heterocycles. The third-order valence-corrected chi connectivity index (χ3v) is 2.90. The van der Waals surface area contributed by atoms with Crippen LogP contribution in [0.25, 0.3) is 0 Å². The minimum absolute atomic E-state index is 0.133. The number of thioether (sulfide) groups is 1. The van der Waals surface area contributed by atoms with Gasteiger partial charge in [0.25, 0.3) is 5.56 Å². The van der Waals surface area contributed by atoms with Gasteiger partial charge in [-0.2, -0.15) is 5.10 Å². The largest absolute Gasteiger partial charge is 0.281 e. The highest BCUT2D eigenvalue weighted by Crippen LogP contribution is 2.25. The third kappa shape index (κ3) is 2.48. The predicted molar refractivity (Wildman–Crippen MR) is 55.5 cm³/mol. The SMILES string of the molecule is CC(C)Sc1c(Cl)cnn(C)c1=O. The fourth-order valence-electron chi connectivity index (χ4n) is 0.840. The normalized spacial score (nSPS) is 10.8. The molecule has 0 aliphatic carbocycles. The average molecular weight is 219 g/mol. The third-order valence-electron chi connectivity index (χ3n) is 1.40. The lowest BCUT2D eigenvalue weighted by molar-refractivity contribution is 0.688. The average Bonchev–Trinajstić information content (AvgIpc) is 2.05. The molecule has 0 amide bonds. The maximum atomic E-state index is 11.5. The molecule has 0 spiro atoms. The minimum Gasteiger partial charge on any atom is -0.266 e. The second-order valence-electron chi connectivity index (χ2n) is 2.92. The molecule has 0 aromatic carbocycles. The van der Waals surface area contributed by atoms with Gasteiger partial charge in [0, 0.05) is 12.3 Å². The highest BCUT2D eigenvalue weighted by atomic mass is 35.5. The Bertz CT molecular complexity index is 362. The van der Waals surface area contributed by atoms with E-state index in [1.165, 1.54) is 22.6 Å². The van der Waals surface area contributed by atoms with E-state index < -0.39 is 0 Å². The lowest BCUT2D eigenvalue weighted by Gasteiger charge is -2.06. The van der Waals surface area contributed by atoms with Crippen LogP contribution in [0.3, 0.4) is 0 Å². The lowest BCUT2D eigenvalue weighted by Crippen LogP contribution is -2.21. The summed E-state index contributed by atoms with van der Waals surface area (Å²) in [5.41, 5.74) is -0.133. The van der Waals surface area contributed by atoms with Gasteiger partial charge in [0.15, 0.2) is 0 Å². The van der Waals surface area contributed by atoms with Crippen LogP contribution in [0.15, 0.2) is 15.9 Å². The maximum absolute atomic E-state index is 11.5. The maximum Gasteiger partial charge on any atom is 0.281 e. The van der Waals surface area contributed by atoms with Crippen molar-refractivity contribution in [3.8, 4) is 0 Å². The van der Waals surface area contributed by atoms with E-state index in [9.17, 15) is 4.79 Å². The highest BCUT2D eigenvalue weighted by molar-refractivity contribution is 8.00. The molecule has 0 fully saturated rings. The first kappa shape index (κ1) is 10.6. The molecular weight excluding hydrogens is 208 g/mol. The van der Waals surface area contributed by atoms with E-state index in [0.717, 1.165) is 0 Å². The summed E-state index contributed by atoms with van der Waals surface area (Å²) in [6.45, 7) is 4.03. The van der Waals surface area contributed by atoms with Gasteiger partial charge in [-0.15, -0.1) is 11.8 Å². The predicted octanol–water partition coefficient (Wildman–Crippen LogP) is 1.93. The monoisotopic (exact) mass is 218 g/mol. The van der Waals surface area contributed by atoms with Gasteiger partial charge in [0.2, 0.25) is 0 Å². The summed E-state index contributed by atoms with van der Waals surface area (Å²) in [6, 6.07) is 0. The molecule has 0 aliphatic rings. The van der Waals surface area contributed by atoms with Gasteiger partial charge in [-0.25, -0.2) is 4.68 Å². The first-order valence-corrected chi connectivity index (χ1v) is 5.16. The Morgan fingerprint density at radius 1 is 1.62 bits per heavy atom. The Kier molecular flexibility index (Phi) is 3.39. The van der Waals surface area contributed by atoms with E-state index >= 15 is 0 Å². The molecule has 3 nitrogen and oxygen atoms in total. The van der Waals surface area contributed by atoms with E-state index in [4.69, 9.17) is 11.6 Å². The Labute approximate surface area is 86.1 Å². The molecule has 0 saturated carbocycles. The molecule has 0 bridgehead atoms. The highest BCUT2D eigenvalue weighted by Gasteiger charge is 2.10. The summed E-state index contributed by atoms with van der Waals surface area (Å²) in [7, 11) is 1.61. The summed E-state index contributed by atoms with van der Waals surface area (Å²) in [6.07, 6.45) is 1.49. The molecule has 0 aliphatic heterocycles. The van der Waals surface area contributed by atoms with E-state index in [2.05, 4.69) is 5.10 Å². The van der Waals surface area contributed by atoms with E-state index in [-0.39, 0.29) is 5.56 Å². The summed E-state index contributed by atoms with van der Waals surface area (Å²) < 4.78 is 1.29. The summed E-state index contributed by atoms with van der Waals surface area (Å²) in [5, 5.41) is 4.58. The van der Waals surface area contributed by atoms with Crippen molar-refractivity contribution in [1.29, 1.82) is 0 Å². The second-order valence-corrected chi connectivity index (χ2v) is 4.91. The quantitative estimate of drug-likeness (QED) is 0.712. The molecule has 0 saturated heterocycles. The zero-order valence-corrected chi connectivity index (χ0v) is 9.32. The molecule has 0 atom stereocenters. The van der Waals surface area contributed by atoms with E-state index in [1.54, 1.807) is 7.05 Å². The fraction of sp³-hybridized carbons (Fsp3) is 0.500. The van der Waals surface area contributed by atoms with Gasteiger partial charge >= 0.3 is 0 Å². The summed E-state index contributed by atoms with van der Waals surface area (Å²) in [4.78, 5) is 12.1. The van der Waals surface area contributed by atoms with Crippen molar-refractivity contribution in [3.63, 3.8) is 0 Å². The molecule has 13 heavy (non-hydrogen) atoms. The Balaban J connectivity index is 3.18. The fourth-order valence-corrected chi connectivity index (χ4v) is 1.97. The number of hydrogen-bond donors (Lipinski definition) is 0. The minimum atomic E-state index is -0.133. The van der Waals surface area contributed by atoms with Gasteiger partial charge in [-0.05, 0) is 0 Å². The number of nitrogens with zero attached hydrogens (tertiary/aromatic N) is 2. The Hall–Kier alpha value is -0.480. The number of halogens is 1. The van der Waals surface area contributed by atoms with Crippen molar-refractivity contribution < 1.29 is 0 Å². The standard InChI is InChI=1S/C8H11ClN2OS/c1-5(2)13-7-6(9)4-10-11(3)8(7)12/h4-5H,1-3H3. The molecular formula is C8H11ClN2OS. The van der Waals surface area contributed by atoms with Gasteiger partial charge < -0.3 is 0 Å². The molecule has 1 aromatic heterocycles. The van der Waals surface area contributed by atoms with Gasteiger partial charge in [0.1, 0.15) is 0 Å². The molecule has 0 N–H and O–H groups in total. The van der Waals surface area contributed by atoms with Crippen LogP contribution >= 0.6 is 23.4 Å². The molecule has 0 radical (unpaired) electrons. The number of hydrogen-bond acceptors (Lipinski definition) is 3. The first-order valence-electron chi connectivity index (χ1n) is 3.91. The van der Waals surface area contributed by atoms with Crippen LogP contribution < -0.4 is 5.56 Å². The van der Waals surface area contributed by atoms with Crippen LogP contribution in [0.4, 0.5) is 0 Å². The molecule has 1 rings (SSSR count). The van der Waals surface area contributed by atoms with E-state index in [1.807, 2.05) is 13.8 Å². The first-order chi connectivity index (χ1) is 6.02. The van der Waals surface area contributed by atoms with Crippen molar-refractivity contribution in [3.05, 3.63) is 21.6 Å². The van der Waals surface area contributed by atoms with Gasteiger partial charge in [-0.3, -0.25) is 4.79 Å². The van der Waals surface area contributed by atoms with Gasteiger partial charge in [-0.1, -0.05) is 25.4 Å². The smallest absolute Gasteiger partial charge is 0.266 e. The van der Waals surface area contributed by atoms with Crippen LogP contribution in [-0.4, -0.2) is 15.0 Å². The lowest BCUT2D eigenvalue weighted by atomic mass is 10.5. The Morgan fingerprint density at radius 3 is 2.77 bits per heavy atom. The van der Waals surface area contributed by atoms with Crippen LogP contribution in [0, 0.1) is 0 Å². The number of aryl methyl sites for hydroxylation is 1. The molecule has 0 unspecified atom stereocenters. The number of rotatable bonds is 2. The summed E-state index contributed by atoms with van der Waals surface area (Å²) in [5.74, 6) is 0. The van der Waals surface area contributed by atoms with Crippen LogP contribution in [-0.2, 0) is 7.05 Å².